The fourth-order valence-electron chi connectivity index (χ4n) is 0.616. The van der Waals surface area contributed by atoms with Crippen LogP contribution in [0.2, 0.25) is 0 Å². The molecule has 0 radical (unpaired) electrons. The molecule has 72 valence electrons. The van der Waals surface area contributed by atoms with E-state index in [1.54, 1.807) is 12.2 Å². The summed E-state index contributed by atoms with van der Waals surface area (Å²) in [5.74, 6) is -0.0457. The Hall–Kier alpha value is -0.900. The van der Waals surface area contributed by atoms with E-state index in [0.29, 0.717) is 6.54 Å². The van der Waals surface area contributed by atoms with Gasteiger partial charge in [0.05, 0.1) is 0 Å². The van der Waals surface area contributed by atoms with Crippen molar-refractivity contribution in [3.05, 3.63) is 22.2 Å². The first kappa shape index (κ1) is 12.1. The van der Waals surface area contributed by atoms with Crippen molar-refractivity contribution >= 4 is 28.1 Å². The average Bonchev–Trinajstić information content (AvgIpc) is 2.10. The fourth-order valence-corrected chi connectivity index (χ4v) is 0.909. The number of nitrogens with one attached hydrogen (secondary N) is 2. The molecule has 2 N–H and O–H groups in total. The predicted molar refractivity (Wildman–Crippen MR) is 58.2 cm³/mol. The highest BCUT2D eigenvalue weighted by molar-refractivity contribution is 9.11. The number of hydrogen-bond acceptors (Lipinski definition) is 2. The predicted octanol–water partition coefficient (Wildman–Crippen LogP) is 2.00. The lowest BCUT2D eigenvalue weighted by Crippen LogP contribution is -2.21. The van der Waals surface area contributed by atoms with Gasteiger partial charge in [-0.05, 0) is 24.6 Å². The standard InChI is InChI=1S/C9H13BrN2O/c1-7(6-12-8(2)13)9(10)4-3-5-11/h3-5,11H,6H2,1-2H3,(H,12,13)/b4-3-,9-7-,11-5?. The Morgan fingerprint density at radius 3 is 2.62 bits per heavy atom. The van der Waals surface area contributed by atoms with E-state index in [2.05, 4.69) is 21.2 Å². The first-order valence-corrected chi connectivity index (χ1v) is 4.64. The van der Waals surface area contributed by atoms with Crippen LogP contribution in [0.3, 0.4) is 0 Å². The molecule has 0 aromatic rings. The molecule has 0 saturated carbocycles. The number of rotatable bonds is 4. The third kappa shape index (κ3) is 6.28. The molecule has 0 aliphatic heterocycles. The molecule has 0 aliphatic rings. The molecule has 0 rings (SSSR count). The molecular formula is C9H13BrN2O. The molecule has 0 aromatic carbocycles. The van der Waals surface area contributed by atoms with Crippen molar-refractivity contribution in [2.45, 2.75) is 13.8 Å². The van der Waals surface area contributed by atoms with Gasteiger partial charge < -0.3 is 10.7 Å². The van der Waals surface area contributed by atoms with Crippen molar-refractivity contribution < 1.29 is 4.79 Å². The molecule has 0 heterocycles. The van der Waals surface area contributed by atoms with Gasteiger partial charge in [-0.15, -0.1) is 0 Å². The second-order valence-corrected chi connectivity index (χ2v) is 3.42. The van der Waals surface area contributed by atoms with Crippen LogP contribution in [-0.2, 0) is 4.79 Å². The highest BCUT2D eigenvalue weighted by Gasteiger charge is 1.96. The summed E-state index contributed by atoms with van der Waals surface area (Å²) in [6.45, 7) is 3.92. The minimum Gasteiger partial charge on any atom is -0.353 e. The van der Waals surface area contributed by atoms with Gasteiger partial charge in [0.25, 0.3) is 0 Å². The van der Waals surface area contributed by atoms with Crippen molar-refractivity contribution in [3.63, 3.8) is 0 Å². The highest BCUT2D eigenvalue weighted by Crippen LogP contribution is 2.12. The Kier molecular flexibility index (Phi) is 6.14. The number of carbonyl (C=O) groups excluding carboxylic acids is 1. The van der Waals surface area contributed by atoms with E-state index < -0.39 is 0 Å². The number of halogens is 1. The molecule has 13 heavy (non-hydrogen) atoms. The maximum atomic E-state index is 10.6. The van der Waals surface area contributed by atoms with Crippen LogP contribution >= 0.6 is 15.9 Å². The monoisotopic (exact) mass is 244 g/mol. The van der Waals surface area contributed by atoms with Crippen LogP contribution < -0.4 is 5.32 Å². The van der Waals surface area contributed by atoms with Crippen molar-refractivity contribution in [2.75, 3.05) is 6.54 Å². The Morgan fingerprint density at radius 1 is 1.54 bits per heavy atom. The quantitative estimate of drug-likeness (QED) is 0.577. The molecule has 0 fully saturated rings. The lowest BCUT2D eigenvalue weighted by Gasteiger charge is -2.03. The summed E-state index contributed by atoms with van der Waals surface area (Å²) < 4.78 is 0.893. The molecule has 0 atom stereocenters. The van der Waals surface area contributed by atoms with Gasteiger partial charge in [0.2, 0.25) is 5.91 Å². The summed E-state index contributed by atoms with van der Waals surface area (Å²) in [5, 5.41) is 9.47. The van der Waals surface area contributed by atoms with E-state index in [0.717, 1.165) is 10.1 Å². The summed E-state index contributed by atoms with van der Waals surface area (Å²) in [6.07, 6.45) is 4.58. The molecule has 0 spiro atoms. The van der Waals surface area contributed by atoms with Crippen LogP contribution in [0.4, 0.5) is 0 Å². The van der Waals surface area contributed by atoms with Gasteiger partial charge in [-0.1, -0.05) is 15.9 Å². The first-order chi connectivity index (χ1) is 6.07. The van der Waals surface area contributed by atoms with Gasteiger partial charge >= 0.3 is 0 Å². The zero-order chi connectivity index (χ0) is 10.3. The lowest BCUT2D eigenvalue weighted by atomic mass is 10.2. The van der Waals surface area contributed by atoms with E-state index >= 15 is 0 Å². The molecule has 4 heteroatoms. The third-order valence-electron chi connectivity index (χ3n) is 1.35. The van der Waals surface area contributed by atoms with Crippen molar-refractivity contribution in [2.24, 2.45) is 0 Å². The Balaban J connectivity index is 4.18. The summed E-state index contributed by atoms with van der Waals surface area (Å²) >= 11 is 3.33. The van der Waals surface area contributed by atoms with Gasteiger partial charge in [-0.3, -0.25) is 4.79 Å². The van der Waals surface area contributed by atoms with Crippen LogP contribution in [0.25, 0.3) is 0 Å². The van der Waals surface area contributed by atoms with Crippen molar-refractivity contribution in [1.82, 2.24) is 5.32 Å². The minimum atomic E-state index is -0.0457. The number of amides is 1. The van der Waals surface area contributed by atoms with Crippen molar-refractivity contribution in [1.29, 1.82) is 5.41 Å². The highest BCUT2D eigenvalue weighted by atomic mass is 79.9. The smallest absolute Gasteiger partial charge is 0.217 e. The molecule has 0 unspecified atom stereocenters. The molecular weight excluding hydrogens is 232 g/mol. The molecule has 0 saturated heterocycles. The summed E-state index contributed by atoms with van der Waals surface area (Å²) in [4.78, 5) is 10.6. The Bertz CT molecular complexity index is 256. The second-order valence-electron chi connectivity index (χ2n) is 2.56. The topological polar surface area (TPSA) is 53.0 Å². The molecule has 1 amide bonds. The maximum absolute atomic E-state index is 10.6. The van der Waals surface area contributed by atoms with Crippen LogP contribution in [0, 0.1) is 5.41 Å². The van der Waals surface area contributed by atoms with Gasteiger partial charge in [0.15, 0.2) is 0 Å². The zero-order valence-electron chi connectivity index (χ0n) is 7.73. The minimum absolute atomic E-state index is 0.0457. The van der Waals surface area contributed by atoms with E-state index in [4.69, 9.17) is 5.41 Å². The third-order valence-corrected chi connectivity index (χ3v) is 2.29. The number of hydrogen-bond donors (Lipinski definition) is 2. The van der Waals surface area contributed by atoms with Crippen molar-refractivity contribution in [3.8, 4) is 0 Å². The van der Waals surface area contributed by atoms with E-state index in [1.165, 1.54) is 13.1 Å². The summed E-state index contributed by atoms with van der Waals surface area (Å²) in [7, 11) is 0. The Labute approximate surface area is 86.5 Å². The SMILES string of the molecule is CC(=O)NC/C(C)=C(Br)/C=C\C=N. The summed E-state index contributed by atoms with van der Waals surface area (Å²) in [6, 6.07) is 0. The number of allylic oxidation sites excluding steroid dienone is 3. The Morgan fingerprint density at radius 2 is 2.15 bits per heavy atom. The molecule has 0 bridgehead atoms. The van der Waals surface area contributed by atoms with E-state index in [1.807, 2.05) is 6.92 Å². The summed E-state index contributed by atoms with van der Waals surface area (Å²) in [5.41, 5.74) is 1.02. The molecule has 0 aliphatic carbocycles. The molecule has 0 aromatic heterocycles. The maximum Gasteiger partial charge on any atom is 0.217 e. The molecule has 3 nitrogen and oxygen atoms in total. The van der Waals surface area contributed by atoms with Crippen LogP contribution in [0.1, 0.15) is 13.8 Å². The van der Waals surface area contributed by atoms with Crippen LogP contribution in [0.5, 0.6) is 0 Å². The van der Waals surface area contributed by atoms with Gasteiger partial charge in [0.1, 0.15) is 0 Å². The lowest BCUT2D eigenvalue weighted by molar-refractivity contribution is -0.118. The van der Waals surface area contributed by atoms with Gasteiger partial charge in [0, 0.05) is 24.2 Å². The number of carbonyl (C=O) groups is 1. The zero-order valence-corrected chi connectivity index (χ0v) is 9.31. The normalized spacial score (nSPS) is 12.5. The van der Waals surface area contributed by atoms with Gasteiger partial charge in [-0.2, -0.15) is 0 Å². The second kappa shape index (κ2) is 6.60. The van der Waals surface area contributed by atoms with E-state index in [-0.39, 0.29) is 5.91 Å². The largest absolute Gasteiger partial charge is 0.353 e. The van der Waals surface area contributed by atoms with Gasteiger partial charge in [-0.25, -0.2) is 0 Å². The van der Waals surface area contributed by atoms with Crippen LogP contribution in [0.15, 0.2) is 22.2 Å². The first-order valence-electron chi connectivity index (χ1n) is 3.84. The average molecular weight is 245 g/mol. The fraction of sp³-hybridized carbons (Fsp3) is 0.333. The van der Waals surface area contributed by atoms with Crippen LogP contribution in [-0.4, -0.2) is 18.7 Å². The van der Waals surface area contributed by atoms with E-state index in [9.17, 15) is 4.79 Å².